The van der Waals surface area contributed by atoms with Crippen LogP contribution in [0.15, 0.2) is 0 Å². The van der Waals surface area contributed by atoms with Crippen molar-refractivity contribution < 1.29 is 4.79 Å². The first kappa shape index (κ1) is 11.2. The summed E-state index contributed by atoms with van der Waals surface area (Å²) in [4.78, 5) is 11.5. The number of carbonyl (C=O) groups excluding carboxylic acids is 1. The van der Waals surface area contributed by atoms with Crippen molar-refractivity contribution in [3.8, 4) is 0 Å². The molecular formula is C14H24O. The molecule has 0 amide bonds. The lowest BCUT2D eigenvalue weighted by Gasteiger charge is -2.51. The van der Waals surface area contributed by atoms with Crippen molar-refractivity contribution in [3.63, 3.8) is 0 Å². The van der Waals surface area contributed by atoms with Crippen LogP contribution >= 0.6 is 0 Å². The van der Waals surface area contributed by atoms with Crippen LogP contribution in [0.5, 0.6) is 0 Å². The van der Waals surface area contributed by atoms with E-state index in [1.165, 1.54) is 25.7 Å². The molecule has 0 aromatic rings. The van der Waals surface area contributed by atoms with Crippen LogP contribution in [0.2, 0.25) is 0 Å². The normalized spacial score (nSPS) is 45.9. The highest BCUT2D eigenvalue weighted by molar-refractivity contribution is 5.78. The Bertz CT molecular complexity index is 258. The van der Waals surface area contributed by atoms with E-state index >= 15 is 0 Å². The Morgan fingerprint density at radius 1 is 1.20 bits per heavy atom. The van der Waals surface area contributed by atoms with Gasteiger partial charge in [0, 0.05) is 5.92 Å². The lowest BCUT2D eigenvalue weighted by molar-refractivity contribution is -0.125. The Labute approximate surface area is 93.6 Å². The molecule has 2 saturated carbocycles. The van der Waals surface area contributed by atoms with Crippen molar-refractivity contribution in [1.82, 2.24) is 0 Å². The number of Topliss-reactive ketones (excluding diaryl/α,β-unsaturated/α-hetero) is 1. The predicted molar refractivity (Wildman–Crippen MR) is 62.6 cm³/mol. The molecule has 0 bridgehead atoms. The molecule has 2 aliphatic rings. The smallest absolute Gasteiger partial charge is 0.132 e. The minimum Gasteiger partial charge on any atom is -0.300 e. The van der Waals surface area contributed by atoms with Gasteiger partial charge in [-0.1, -0.05) is 26.7 Å². The van der Waals surface area contributed by atoms with E-state index < -0.39 is 0 Å². The van der Waals surface area contributed by atoms with Crippen LogP contribution in [0.3, 0.4) is 0 Å². The lowest BCUT2D eigenvalue weighted by atomic mass is 9.54. The number of rotatable bonds is 1. The van der Waals surface area contributed by atoms with Gasteiger partial charge in [0.25, 0.3) is 0 Å². The minimum absolute atomic E-state index is 0.367. The first-order chi connectivity index (χ1) is 7.04. The third-order valence-electron chi connectivity index (χ3n) is 5.37. The largest absolute Gasteiger partial charge is 0.300 e. The second-order valence-corrected chi connectivity index (χ2v) is 6.12. The maximum atomic E-state index is 11.5. The molecule has 2 aliphatic carbocycles. The molecule has 1 heteroatoms. The van der Waals surface area contributed by atoms with Crippen LogP contribution in [-0.4, -0.2) is 5.78 Å². The molecule has 0 saturated heterocycles. The van der Waals surface area contributed by atoms with Gasteiger partial charge in [-0.15, -0.1) is 0 Å². The van der Waals surface area contributed by atoms with E-state index in [1.807, 2.05) is 0 Å². The zero-order valence-electron chi connectivity index (χ0n) is 10.4. The van der Waals surface area contributed by atoms with Crippen molar-refractivity contribution in [2.24, 2.45) is 23.2 Å². The predicted octanol–water partition coefficient (Wildman–Crippen LogP) is 3.82. The van der Waals surface area contributed by atoms with Gasteiger partial charge in [-0.05, 0) is 49.9 Å². The van der Waals surface area contributed by atoms with E-state index in [0.717, 1.165) is 24.7 Å². The van der Waals surface area contributed by atoms with E-state index in [1.54, 1.807) is 6.92 Å². The number of carbonyl (C=O) groups is 1. The third kappa shape index (κ3) is 1.86. The molecule has 0 aromatic heterocycles. The van der Waals surface area contributed by atoms with Gasteiger partial charge in [-0.2, -0.15) is 0 Å². The molecular weight excluding hydrogens is 184 g/mol. The topological polar surface area (TPSA) is 17.1 Å². The van der Waals surface area contributed by atoms with Gasteiger partial charge in [0.1, 0.15) is 5.78 Å². The second-order valence-electron chi connectivity index (χ2n) is 6.12. The fraction of sp³-hybridized carbons (Fsp3) is 0.929. The Morgan fingerprint density at radius 2 is 1.93 bits per heavy atom. The van der Waals surface area contributed by atoms with Crippen molar-refractivity contribution in [2.75, 3.05) is 0 Å². The van der Waals surface area contributed by atoms with Crippen LogP contribution in [0.4, 0.5) is 0 Å². The Kier molecular flexibility index (Phi) is 2.92. The summed E-state index contributed by atoms with van der Waals surface area (Å²) >= 11 is 0. The molecule has 86 valence electrons. The molecule has 0 N–H and O–H groups in total. The average Bonchev–Trinajstić information content (AvgIpc) is 2.19. The van der Waals surface area contributed by atoms with Gasteiger partial charge >= 0.3 is 0 Å². The summed E-state index contributed by atoms with van der Waals surface area (Å²) in [7, 11) is 0. The molecule has 0 heterocycles. The van der Waals surface area contributed by atoms with Crippen LogP contribution in [0.25, 0.3) is 0 Å². The van der Waals surface area contributed by atoms with E-state index in [-0.39, 0.29) is 0 Å². The maximum Gasteiger partial charge on any atom is 0.132 e. The highest BCUT2D eigenvalue weighted by Crippen LogP contribution is 2.54. The summed E-state index contributed by atoms with van der Waals surface area (Å²) < 4.78 is 0. The lowest BCUT2D eigenvalue weighted by Crippen LogP contribution is -2.43. The highest BCUT2D eigenvalue weighted by Gasteiger charge is 2.46. The zero-order valence-corrected chi connectivity index (χ0v) is 10.4. The summed E-state index contributed by atoms with van der Waals surface area (Å²) in [6.07, 6.45) is 7.80. The van der Waals surface area contributed by atoms with Crippen molar-refractivity contribution in [1.29, 1.82) is 0 Å². The number of fused-ring (bicyclic) bond motifs is 1. The number of hydrogen-bond donors (Lipinski definition) is 0. The summed E-state index contributed by atoms with van der Waals surface area (Å²) in [5, 5.41) is 0. The van der Waals surface area contributed by atoms with Crippen LogP contribution in [0, 0.1) is 23.2 Å². The zero-order chi connectivity index (χ0) is 11.1. The fourth-order valence-corrected chi connectivity index (χ4v) is 3.96. The maximum absolute atomic E-state index is 11.5. The van der Waals surface area contributed by atoms with Gasteiger partial charge < -0.3 is 0 Å². The molecule has 2 rings (SSSR count). The molecule has 0 spiro atoms. The first-order valence-electron chi connectivity index (χ1n) is 6.54. The minimum atomic E-state index is 0.367. The number of ketones is 1. The average molecular weight is 208 g/mol. The SMILES string of the molecule is CC(=O)[C@H]1CC[C@@H]2CCC[C@@H](C)[C@]2(C)C1. The highest BCUT2D eigenvalue weighted by atomic mass is 16.1. The van der Waals surface area contributed by atoms with Crippen molar-refractivity contribution in [2.45, 2.75) is 59.3 Å². The van der Waals surface area contributed by atoms with E-state index in [9.17, 15) is 4.79 Å². The van der Waals surface area contributed by atoms with E-state index in [2.05, 4.69) is 13.8 Å². The molecule has 0 aliphatic heterocycles. The third-order valence-corrected chi connectivity index (χ3v) is 5.37. The molecule has 4 atom stereocenters. The standard InChI is InChI=1S/C14H24O/c1-10-5-4-6-13-8-7-12(11(2)15)9-14(10,13)3/h10,12-13H,4-9H2,1-3H3/t10-,12+,13+,14+/m1/s1. The monoisotopic (exact) mass is 208 g/mol. The summed E-state index contributed by atoms with van der Waals surface area (Å²) in [5.74, 6) is 2.51. The Hall–Kier alpha value is -0.330. The van der Waals surface area contributed by atoms with Gasteiger partial charge in [0.2, 0.25) is 0 Å². The van der Waals surface area contributed by atoms with Gasteiger partial charge in [-0.3, -0.25) is 4.79 Å². The van der Waals surface area contributed by atoms with Crippen molar-refractivity contribution >= 4 is 5.78 Å². The first-order valence-corrected chi connectivity index (χ1v) is 6.54. The van der Waals surface area contributed by atoms with Crippen LogP contribution < -0.4 is 0 Å². The molecule has 2 fully saturated rings. The Balaban J connectivity index is 2.15. The summed E-state index contributed by atoms with van der Waals surface area (Å²) in [6, 6.07) is 0. The van der Waals surface area contributed by atoms with E-state index in [0.29, 0.717) is 17.1 Å². The number of hydrogen-bond acceptors (Lipinski definition) is 1. The summed E-state index contributed by atoms with van der Waals surface area (Å²) in [5.41, 5.74) is 0.465. The van der Waals surface area contributed by atoms with Crippen LogP contribution in [0.1, 0.15) is 59.3 Å². The quantitative estimate of drug-likeness (QED) is 0.640. The molecule has 0 aromatic carbocycles. The molecule has 15 heavy (non-hydrogen) atoms. The molecule has 0 unspecified atom stereocenters. The van der Waals surface area contributed by atoms with Crippen LogP contribution in [-0.2, 0) is 4.79 Å². The van der Waals surface area contributed by atoms with Gasteiger partial charge in [0.05, 0.1) is 0 Å². The van der Waals surface area contributed by atoms with E-state index in [4.69, 9.17) is 0 Å². The van der Waals surface area contributed by atoms with Crippen molar-refractivity contribution in [3.05, 3.63) is 0 Å². The van der Waals surface area contributed by atoms with Gasteiger partial charge in [0.15, 0.2) is 0 Å². The fourth-order valence-electron chi connectivity index (χ4n) is 3.96. The summed E-state index contributed by atoms with van der Waals surface area (Å²) in [6.45, 7) is 6.62. The molecule has 1 nitrogen and oxygen atoms in total. The molecule has 0 radical (unpaired) electrons. The van der Waals surface area contributed by atoms with Gasteiger partial charge in [-0.25, -0.2) is 0 Å². The Morgan fingerprint density at radius 3 is 2.60 bits per heavy atom. The second kappa shape index (κ2) is 3.92.